The molecule has 0 radical (unpaired) electrons. The number of rotatable bonds is 4. The van der Waals surface area contributed by atoms with Crippen LogP contribution < -0.4 is 10.6 Å². The molecule has 7 heteroatoms. The molecule has 0 aliphatic rings. The lowest BCUT2D eigenvalue weighted by atomic mass is 10.2. The molecule has 1 heterocycles. The molecule has 0 spiro atoms. The van der Waals surface area contributed by atoms with Crippen molar-refractivity contribution in [3.05, 3.63) is 81.1 Å². The zero-order valence-corrected chi connectivity index (χ0v) is 15.9. The molecule has 0 atom stereocenters. The third kappa shape index (κ3) is 4.37. The van der Waals surface area contributed by atoms with Crippen LogP contribution in [0.5, 0.6) is 0 Å². The van der Waals surface area contributed by atoms with Crippen LogP contribution in [0.2, 0.25) is 0 Å². The minimum atomic E-state index is -0.375. The summed E-state index contributed by atoms with van der Waals surface area (Å²) in [6, 6.07) is 17.2. The highest BCUT2D eigenvalue weighted by Crippen LogP contribution is 2.21. The van der Waals surface area contributed by atoms with Crippen molar-refractivity contribution >= 4 is 55.0 Å². The molecule has 0 saturated heterocycles. The average molecular weight is 464 g/mol. The maximum Gasteiger partial charge on any atom is 0.291 e. The second-order valence-electron chi connectivity index (χ2n) is 5.07. The van der Waals surface area contributed by atoms with E-state index in [1.165, 1.54) is 0 Å². The molecular weight excluding hydrogens is 452 g/mol. The maximum absolute atomic E-state index is 12.3. The van der Waals surface area contributed by atoms with Crippen LogP contribution in [0.4, 0.5) is 11.4 Å². The van der Waals surface area contributed by atoms with Crippen LogP contribution in [0.1, 0.15) is 20.9 Å². The minimum Gasteiger partial charge on any atom is -0.444 e. The molecule has 0 bridgehead atoms. The van der Waals surface area contributed by atoms with E-state index in [2.05, 4.69) is 42.5 Å². The van der Waals surface area contributed by atoms with Crippen molar-refractivity contribution in [1.82, 2.24) is 0 Å². The molecule has 2 amide bonds. The Balaban J connectivity index is 1.72. The lowest BCUT2D eigenvalue weighted by Gasteiger charge is -2.09. The molecule has 5 nitrogen and oxygen atoms in total. The van der Waals surface area contributed by atoms with Gasteiger partial charge in [0.1, 0.15) is 0 Å². The Labute approximate surface area is 160 Å². The number of amides is 2. The molecule has 0 aliphatic heterocycles. The molecule has 25 heavy (non-hydrogen) atoms. The second kappa shape index (κ2) is 7.67. The van der Waals surface area contributed by atoms with Gasteiger partial charge in [-0.05, 0) is 74.3 Å². The molecule has 3 rings (SSSR count). The first-order valence-corrected chi connectivity index (χ1v) is 8.84. The summed E-state index contributed by atoms with van der Waals surface area (Å²) in [5, 5.41) is 5.53. The third-order valence-electron chi connectivity index (χ3n) is 3.29. The van der Waals surface area contributed by atoms with Crippen LogP contribution in [0, 0.1) is 0 Å². The maximum atomic E-state index is 12.3. The SMILES string of the molecule is O=C(Nc1cccc(NC(=O)c2ccccc2Br)c1)c1ccc(Br)o1. The van der Waals surface area contributed by atoms with Crippen molar-refractivity contribution in [2.24, 2.45) is 0 Å². The Morgan fingerprint density at radius 1 is 0.800 bits per heavy atom. The number of benzene rings is 2. The van der Waals surface area contributed by atoms with Gasteiger partial charge in [0.05, 0.1) is 5.56 Å². The van der Waals surface area contributed by atoms with Crippen molar-refractivity contribution in [3.8, 4) is 0 Å². The largest absolute Gasteiger partial charge is 0.444 e. The predicted octanol–water partition coefficient (Wildman–Crippen LogP) is 5.31. The number of hydrogen-bond donors (Lipinski definition) is 2. The van der Waals surface area contributed by atoms with E-state index in [1.807, 2.05) is 6.07 Å². The van der Waals surface area contributed by atoms with Gasteiger partial charge in [0.15, 0.2) is 10.4 Å². The van der Waals surface area contributed by atoms with Gasteiger partial charge in [-0.1, -0.05) is 18.2 Å². The molecular formula is C18H12Br2N2O3. The predicted molar refractivity (Wildman–Crippen MR) is 103 cm³/mol. The minimum absolute atomic E-state index is 0.189. The van der Waals surface area contributed by atoms with Gasteiger partial charge in [0, 0.05) is 15.8 Å². The normalized spacial score (nSPS) is 10.3. The van der Waals surface area contributed by atoms with Gasteiger partial charge < -0.3 is 15.1 Å². The molecule has 3 aromatic rings. The first kappa shape index (κ1) is 17.4. The molecule has 126 valence electrons. The smallest absolute Gasteiger partial charge is 0.291 e. The van der Waals surface area contributed by atoms with Gasteiger partial charge >= 0.3 is 0 Å². The van der Waals surface area contributed by atoms with E-state index in [0.29, 0.717) is 26.1 Å². The number of carbonyl (C=O) groups excluding carboxylic acids is 2. The molecule has 2 N–H and O–H groups in total. The molecule has 1 aromatic heterocycles. The topological polar surface area (TPSA) is 71.3 Å². The fourth-order valence-electron chi connectivity index (χ4n) is 2.15. The monoisotopic (exact) mass is 462 g/mol. The van der Waals surface area contributed by atoms with Crippen LogP contribution in [-0.4, -0.2) is 11.8 Å². The average Bonchev–Trinajstić information content (AvgIpc) is 3.02. The van der Waals surface area contributed by atoms with Gasteiger partial charge in [0.2, 0.25) is 0 Å². The Hall–Kier alpha value is -2.38. The summed E-state index contributed by atoms with van der Waals surface area (Å²) in [6.07, 6.45) is 0. The summed E-state index contributed by atoms with van der Waals surface area (Å²) in [7, 11) is 0. The fourth-order valence-corrected chi connectivity index (χ4v) is 2.92. The molecule has 0 fully saturated rings. The van der Waals surface area contributed by atoms with Crippen molar-refractivity contribution < 1.29 is 14.0 Å². The summed E-state index contributed by atoms with van der Waals surface area (Å²) < 4.78 is 6.40. The van der Waals surface area contributed by atoms with Crippen LogP contribution in [0.3, 0.4) is 0 Å². The molecule has 0 aliphatic carbocycles. The number of nitrogens with one attached hydrogen (secondary N) is 2. The van der Waals surface area contributed by atoms with Crippen LogP contribution >= 0.6 is 31.9 Å². The molecule has 2 aromatic carbocycles. The highest BCUT2D eigenvalue weighted by atomic mass is 79.9. The Bertz CT molecular complexity index is 937. The van der Waals surface area contributed by atoms with Gasteiger partial charge in [0.25, 0.3) is 11.8 Å². The van der Waals surface area contributed by atoms with Crippen molar-refractivity contribution in [2.75, 3.05) is 10.6 Å². The highest BCUT2D eigenvalue weighted by molar-refractivity contribution is 9.10. The number of hydrogen-bond acceptors (Lipinski definition) is 3. The lowest BCUT2D eigenvalue weighted by Crippen LogP contribution is -2.14. The van der Waals surface area contributed by atoms with Gasteiger partial charge in [-0.15, -0.1) is 0 Å². The zero-order chi connectivity index (χ0) is 17.8. The van der Waals surface area contributed by atoms with E-state index in [4.69, 9.17) is 4.42 Å². The van der Waals surface area contributed by atoms with Crippen LogP contribution in [-0.2, 0) is 0 Å². The summed E-state index contributed by atoms with van der Waals surface area (Å²) in [5.41, 5.74) is 1.64. The number of furan rings is 1. The second-order valence-corrected chi connectivity index (χ2v) is 6.71. The Morgan fingerprint density at radius 3 is 2.12 bits per heavy atom. The first-order chi connectivity index (χ1) is 12.0. The Kier molecular flexibility index (Phi) is 5.35. The van der Waals surface area contributed by atoms with E-state index in [9.17, 15) is 9.59 Å². The molecule has 0 unspecified atom stereocenters. The van der Waals surface area contributed by atoms with Crippen molar-refractivity contribution in [3.63, 3.8) is 0 Å². The quantitative estimate of drug-likeness (QED) is 0.550. The first-order valence-electron chi connectivity index (χ1n) is 7.25. The summed E-state index contributed by atoms with van der Waals surface area (Å²) in [6.45, 7) is 0. The summed E-state index contributed by atoms with van der Waals surface area (Å²) in [4.78, 5) is 24.5. The van der Waals surface area contributed by atoms with E-state index in [-0.39, 0.29) is 17.6 Å². The number of halogens is 2. The molecule has 0 saturated carbocycles. The van der Waals surface area contributed by atoms with Gasteiger partial charge in [-0.2, -0.15) is 0 Å². The van der Waals surface area contributed by atoms with Gasteiger partial charge in [-0.3, -0.25) is 9.59 Å². The lowest BCUT2D eigenvalue weighted by molar-refractivity contribution is 0.0993. The standard InChI is InChI=1S/C18H12Br2N2O3/c19-14-7-2-1-6-13(14)17(23)21-11-4-3-5-12(10-11)22-18(24)15-8-9-16(20)25-15/h1-10H,(H,21,23)(H,22,24). The number of anilines is 2. The number of carbonyl (C=O) groups is 2. The van der Waals surface area contributed by atoms with Crippen LogP contribution in [0.25, 0.3) is 0 Å². The Morgan fingerprint density at radius 2 is 1.48 bits per heavy atom. The van der Waals surface area contributed by atoms with Crippen molar-refractivity contribution in [1.29, 1.82) is 0 Å². The summed E-state index contributed by atoms with van der Waals surface area (Å²) in [5.74, 6) is -0.430. The highest BCUT2D eigenvalue weighted by Gasteiger charge is 2.12. The zero-order valence-electron chi connectivity index (χ0n) is 12.8. The van der Waals surface area contributed by atoms with E-state index in [0.717, 1.165) is 0 Å². The van der Waals surface area contributed by atoms with Gasteiger partial charge in [-0.25, -0.2) is 0 Å². The van der Waals surface area contributed by atoms with E-state index >= 15 is 0 Å². The van der Waals surface area contributed by atoms with Crippen molar-refractivity contribution in [2.45, 2.75) is 0 Å². The summed E-state index contributed by atoms with van der Waals surface area (Å²) >= 11 is 6.51. The van der Waals surface area contributed by atoms with E-state index in [1.54, 1.807) is 54.6 Å². The van der Waals surface area contributed by atoms with E-state index < -0.39 is 0 Å². The van der Waals surface area contributed by atoms with Crippen LogP contribution in [0.15, 0.2) is 74.2 Å². The third-order valence-corrected chi connectivity index (χ3v) is 4.41. The fraction of sp³-hybridized carbons (Fsp3) is 0.